The number of benzene rings is 7. The van der Waals surface area contributed by atoms with E-state index in [0.717, 1.165) is 60.9 Å². The molecule has 0 unspecified atom stereocenters. The third-order valence-corrected chi connectivity index (χ3v) is 8.22. The molecule has 0 spiro atoms. The number of furan rings is 2. The topological polar surface area (TPSA) is 29.5 Å². The van der Waals surface area contributed by atoms with Crippen LogP contribution >= 0.6 is 0 Å². The molecule has 0 atom stereocenters. The van der Waals surface area contributed by atoms with Crippen molar-refractivity contribution in [2.24, 2.45) is 0 Å². The average molecular weight is 526 g/mol. The van der Waals surface area contributed by atoms with Crippen molar-refractivity contribution in [1.82, 2.24) is 0 Å². The molecule has 0 aliphatic heterocycles. The lowest BCUT2D eigenvalue weighted by molar-refractivity contribution is 0.669. The molecule has 0 bridgehead atoms. The van der Waals surface area contributed by atoms with E-state index < -0.39 is 0 Å². The van der Waals surface area contributed by atoms with Crippen LogP contribution in [0.15, 0.2) is 148 Å². The van der Waals surface area contributed by atoms with Gasteiger partial charge in [0.15, 0.2) is 0 Å². The summed E-state index contributed by atoms with van der Waals surface area (Å²) in [4.78, 5) is 2.30. The molecular weight excluding hydrogens is 502 g/mol. The van der Waals surface area contributed by atoms with Crippen molar-refractivity contribution in [2.45, 2.75) is 0 Å². The van der Waals surface area contributed by atoms with Crippen LogP contribution in [0.3, 0.4) is 0 Å². The summed E-state index contributed by atoms with van der Waals surface area (Å²) in [6.45, 7) is 0. The summed E-state index contributed by atoms with van der Waals surface area (Å²) >= 11 is 0. The van der Waals surface area contributed by atoms with Gasteiger partial charge >= 0.3 is 0 Å². The van der Waals surface area contributed by atoms with Gasteiger partial charge in [-0.3, -0.25) is 0 Å². The third-order valence-electron chi connectivity index (χ3n) is 8.22. The summed E-state index contributed by atoms with van der Waals surface area (Å²) in [5.74, 6) is 0. The highest BCUT2D eigenvalue weighted by molar-refractivity contribution is 6.20. The van der Waals surface area contributed by atoms with E-state index in [4.69, 9.17) is 8.83 Å². The minimum atomic E-state index is 0.874. The SMILES string of the molecule is c1ccc(N(c2ccc3c(c2)oc2ccc4ccccc4c23)c2ccc3ccc4oc5ccccc5c4c3c2)cc1. The smallest absolute Gasteiger partial charge is 0.137 e. The molecule has 0 N–H and O–H groups in total. The maximum Gasteiger partial charge on any atom is 0.137 e. The van der Waals surface area contributed by atoms with Crippen molar-refractivity contribution in [3.8, 4) is 0 Å². The predicted octanol–water partition coefficient (Wildman–Crippen LogP) is 11.3. The van der Waals surface area contributed by atoms with Gasteiger partial charge in [-0.1, -0.05) is 78.9 Å². The Bertz CT molecular complexity index is 2430. The van der Waals surface area contributed by atoms with E-state index in [1.54, 1.807) is 0 Å². The summed E-state index contributed by atoms with van der Waals surface area (Å²) in [6, 6.07) is 48.9. The molecule has 0 aliphatic carbocycles. The normalized spacial score (nSPS) is 11.9. The number of hydrogen-bond acceptors (Lipinski definition) is 3. The second kappa shape index (κ2) is 8.48. The first kappa shape index (κ1) is 22.3. The van der Waals surface area contributed by atoms with Crippen LogP contribution in [0, 0.1) is 0 Å². The number of fused-ring (bicyclic) bond motifs is 10. The van der Waals surface area contributed by atoms with E-state index in [1.165, 1.54) is 21.5 Å². The summed E-state index contributed by atoms with van der Waals surface area (Å²) in [5.41, 5.74) is 6.78. The van der Waals surface area contributed by atoms with Crippen molar-refractivity contribution in [3.05, 3.63) is 140 Å². The van der Waals surface area contributed by atoms with Crippen molar-refractivity contribution in [2.75, 3.05) is 4.90 Å². The lowest BCUT2D eigenvalue weighted by atomic mass is 10.0. The van der Waals surface area contributed by atoms with Gasteiger partial charge in [0.2, 0.25) is 0 Å². The molecule has 0 amide bonds. The van der Waals surface area contributed by atoms with E-state index in [9.17, 15) is 0 Å². The first-order valence-corrected chi connectivity index (χ1v) is 13.9. The lowest BCUT2D eigenvalue weighted by Gasteiger charge is -2.25. The minimum Gasteiger partial charge on any atom is -0.456 e. The van der Waals surface area contributed by atoms with E-state index in [0.29, 0.717) is 0 Å². The molecule has 7 aromatic carbocycles. The van der Waals surface area contributed by atoms with Gasteiger partial charge in [-0.25, -0.2) is 0 Å². The highest BCUT2D eigenvalue weighted by Crippen LogP contribution is 2.42. The van der Waals surface area contributed by atoms with E-state index >= 15 is 0 Å². The number of nitrogens with zero attached hydrogens (tertiary/aromatic N) is 1. The largest absolute Gasteiger partial charge is 0.456 e. The molecule has 9 aromatic rings. The Balaban J connectivity index is 1.29. The summed E-state index contributed by atoms with van der Waals surface area (Å²) < 4.78 is 12.7. The third kappa shape index (κ3) is 3.33. The molecule has 192 valence electrons. The van der Waals surface area contributed by atoms with E-state index in [1.807, 2.05) is 12.1 Å². The van der Waals surface area contributed by atoms with Crippen LogP contribution < -0.4 is 4.90 Å². The summed E-state index contributed by atoms with van der Waals surface area (Å²) in [7, 11) is 0. The molecule has 2 heterocycles. The molecule has 0 fully saturated rings. The van der Waals surface area contributed by atoms with Crippen molar-refractivity contribution < 1.29 is 8.83 Å². The van der Waals surface area contributed by atoms with E-state index in [-0.39, 0.29) is 0 Å². The highest BCUT2D eigenvalue weighted by Gasteiger charge is 2.18. The zero-order chi connectivity index (χ0) is 26.9. The number of anilines is 3. The van der Waals surface area contributed by atoms with Crippen LogP contribution in [0.1, 0.15) is 0 Å². The van der Waals surface area contributed by atoms with Gasteiger partial charge in [-0.05, 0) is 76.1 Å². The predicted molar refractivity (Wildman–Crippen MR) is 171 cm³/mol. The Morgan fingerprint density at radius 1 is 0.341 bits per heavy atom. The van der Waals surface area contributed by atoms with Crippen LogP contribution in [-0.2, 0) is 0 Å². The standard InChI is InChI=1S/C38H23NO2/c1-2-9-26(10-3-1)39(27-17-14-25-16-21-35-38(32(25)22-27)30-12-6-7-13-33(30)40-35)28-18-19-31-36(23-28)41-34-20-15-24-8-4-5-11-29(24)37(31)34/h1-23H. The lowest BCUT2D eigenvalue weighted by Crippen LogP contribution is -2.09. The van der Waals surface area contributed by atoms with Crippen LogP contribution in [0.2, 0.25) is 0 Å². The maximum absolute atomic E-state index is 6.45. The van der Waals surface area contributed by atoms with E-state index in [2.05, 4.69) is 132 Å². The van der Waals surface area contributed by atoms with Crippen molar-refractivity contribution in [1.29, 1.82) is 0 Å². The monoisotopic (exact) mass is 525 g/mol. The quantitative estimate of drug-likeness (QED) is 0.230. The Labute approximate surface area is 235 Å². The zero-order valence-corrected chi connectivity index (χ0v) is 22.0. The van der Waals surface area contributed by atoms with Gasteiger partial charge < -0.3 is 13.7 Å². The number of rotatable bonds is 3. The zero-order valence-electron chi connectivity index (χ0n) is 22.0. The fourth-order valence-corrected chi connectivity index (χ4v) is 6.37. The summed E-state index contributed by atoms with van der Waals surface area (Å²) in [5, 5.41) is 9.34. The van der Waals surface area contributed by atoms with Gasteiger partial charge in [-0.2, -0.15) is 0 Å². The number of hydrogen-bond donors (Lipinski definition) is 0. The van der Waals surface area contributed by atoms with Crippen LogP contribution in [0.5, 0.6) is 0 Å². The second-order valence-electron chi connectivity index (χ2n) is 10.6. The van der Waals surface area contributed by atoms with Crippen molar-refractivity contribution in [3.63, 3.8) is 0 Å². The van der Waals surface area contributed by atoms with Gasteiger partial charge in [0.25, 0.3) is 0 Å². The van der Waals surface area contributed by atoms with Gasteiger partial charge in [0.05, 0.1) is 0 Å². The molecule has 3 heteroatoms. The van der Waals surface area contributed by atoms with Gasteiger partial charge in [0, 0.05) is 44.7 Å². The first-order chi connectivity index (χ1) is 20.3. The molecule has 2 aromatic heterocycles. The maximum atomic E-state index is 6.45. The fraction of sp³-hybridized carbons (Fsp3) is 0. The molecule has 9 rings (SSSR count). The molecule has 0 saturated carbocycles. The van der Waals surface area contributed by atoms with Crippen LogP contribution in [0.4, 0.5) is 17.1 Å². The minimum absolute atomic E-state index is 0.874. The second-order valence-corrected chi connectivity index (χ2v) is 10.6. The Morgan fingerprint density at radius 3 is 1.78 bits per heavy atom. The first-order valence-electron chi connectivity index (χ1n) is 13.9. The van der Waals surface area contributed by atoms with Crippen LogP contribution in [-0.4, -0.2) is 0 Å². The molecular formula is C38H23NO2. The van der Waals surface area contributed by atoms with Gasteiger partial charge in [0.1, 0.15) is 22.3 Å². The van der Waals surface area contributed by atoms with Crippen LogP contribution in [0.25, 0.3) is 65.4 Å². The molecule has 0 radical (unpaired) electrons. The summed E-state index contributed by atoms with van der Waals surface area (Å²) in [6.07, 6.45) is 0. The van der Waals surface area contributed by atoms with Gasteiger partial charge in [-0.15, -0.1) is 0 Å². The average Bonchev–Trinajstić information content (AvgIpc) is 3.60. The Hall–Kier alpha value is -5.54. The van der Waals surface area contributed by atoms with Crippen molar-refractivity contribution >= 4 is 82.5 Å². The molecule has 41 heavy (non-hydrogen) atoms. The highest BCUT2D eigenvalue weighted by atomic mass is 16.3. The molecule has 0 aliphatic rings. The molecule has 3 nitrogen and oxygen atoms in total. The molecule has 0 saturated heterocycles. The Kier molecular flexibility index (Phi) is 4.61. The Morgan fingerprint density at radius 2 is 0.927 bits per heavy atom. The number of para-hydroxylation sites is 2. The fourth-order valence-electron chi connectivity index (χ4n) is 6.37.